The predicted octanol–water partition coefficient (Wildman–Crippen LogP) is 2.64. The van der Waals surface area contributed by atoms with Crippen LogP contribution in [0.5, 0.6) is 0 Å². The number of para-hydroxylation sites is 2. The van der Waals surface area contributed by atoms with Gasteiger partial charge in [-0.15, -0.1) is 10.2 Å². The van der Waals surface area contributed by atoms with Crippen molar-refractivity contribution in [1.82, 2.24) is 15.8 Å². The molecule has 4 amide bonds. The highest BCUT2D eigenvalue weighted by Crippen LogP contribution is 2.27. The van der Waals surface area contributed by atoms with Crippen LogP contribution in [0.3, 0.4) is 0 Å². The Morgan fingerprint density at radius 1 is 0.658 bits per heavy atom. The van der Waals surface area contributed by atoms with Crippen LogP contribution in [0.1, 0.15) is 21.0 Å². The molecule has 3 heterocycles. The summed E-state index contributed by atoms with van der Waals surface area (Å²) in [5.74, 6) is -1.21. The van der Waals surface area contributed by atoms with Crippen molar-refractivity contribution < 1.29 is 19.2 Å². The lowest BCUT2D eigenvalue weighted by atomic mass is 10.3. The molecule has 2 aliphatic rings. The monoisotopic (exact) mass is 545 g/mol. The average molecular weight is 546 g/mol. The Balaban J connectivity index is 1.26. The molecule has 38 heavy (non-hydrogen) atoms. The molecule has 2 N–H and O–H groups in total. The fourth-order valence-corrected chi connectivity index (χ4v) is 5.21. The van der Waals surface area contributed by atoms with Crippen molar-refractivity contribution >= 4 is 68.9 Å². The van der Waals surface area contributed by atoms with Gasteiger partial charge in [0.25, 0.3) is 11.8 Å². The highest BCUT2D eigenvalue weighted by atomic mass is 32.2. The van der Waals surface area contributed by atoms with Gasteiger partial charge >= 0.3 is 0 Å². The number of hydrogen-bond donors (Lipinski definition) is 2. The molecule has 0 bridgehead atoms. The number of amides is 4. The predicted molar refractivity (Wildman–Crippen MR) is 147 cm³/mol. The van der Waals surface area contributed by atoms with Crippen LogP contribution >= 0.6 is 23.5 Å². The fourth-order valence-electron chi connectivity index (χ4n) is 3.55. The van der Waals surface area contributed by atoms with Gasteiger partial charge in [-0.05, 0) is 36.4 Å². The Morgan fingerprint density at radius 2 is 1.08 bits per heavy atom. The summed E-state index contributed by atoms with van der Waals surface area (Å²) in [4.78, 5) is 57.0. The standard InChI is InChI=1S/C25H19N7O4S2/c33-20-14-37-24(31(20)16-8-3-1-4-9-16)29-27-22(35)18-12-7-13-19(26-18)23(36)28-30-25-32(21(34)15-38-25)17-10-5-2-6-11-17/h1-13H,14-15H2,(H,27,35)(H,28,36)/b29-24+,30-25+. The minimum absolute atomic E-state index is 0.0495. The van der Waals surface area contributed by atoms with Crippen LogP contribution in [0.4, 0.5) is 11.4 Å². The minimum atomic E-state index is -0.654. The van der Waals surface area contributed by atoms with Gasteiger partial charge in [0.2, 0.25) is 11.8 Å². The Bertz CT molecular complexity index is 1360. The number of rotatable bonds is 6. The third-order valence-electron chi connectivity index (χ3n) is 5.28. The van der Waals surface area contributed by atoms with E-state index in [-0.39, 0.29) is 34.7 Å². The van der Waals surface area contributed by atoms with Gasteiger partial charge in [-0.1, -0.05) is 66.0 Å². The SMILES string of the molecule is O=C(N/N=C1/SCC(=O)N1c1ccccc1)c1cccc(C(=O)N/N=C2/SCC(=O)N2c2ccccc2)n1. The van der Waals surface area contributed by atoms with Crippen molar-refractivity contribution in [3.8, 4) is 0 Å². The molecule has 5 rings (SSSR count). The first-order valence-corrected chi connectivity index (χ1v) is 13.2. The zero-order valence-corrected chi connectivity index (χ0v) is 21.2. The van der Waals surface area contributed by atoms with E-state index in [9.17, 15) is 19.2 Å². The highest BCUT2D eigenvalue weighted by Gasteiger charge is 2.31. The van der Waals surface area contributed by atoms with E-state index in [1.54, 1.807) is 48.5 Å². The summed E-state index contributed by atoms with van der Waals surface area (Å²) in [6.45, 7) is 0. The molecule has 2 aliphatic heterocycles. The van der Waals surface area contributed by atoms with E-state index in [0.717, 1.165) is 0 Å². The number of carbonyl (C=O) groups excluding carboxylic acids is 4. The lowest BCUT2D eigenvalue weighted by Gasteiger charge is -2.15. The Hall–Kier alpha value is -4.49. The Kier molecular flexibility index (Phi) is 7.47. The molecule has 13 heteroatoms. The van der Waals surface area contributed by atoms with Gasteiger partial charge in [0, 0.05) is 0 Å². The van der Waals surface area contributed by atoms with Crippen molar-refractivity contribution in [2.75, 3.05) is 21.3 Å². The molecular weight excluding hydrogens is 526 g/mol. The summed E-state index contributed by atoms with van der Waals surface area (Å²) in [6.07, 6.45) is 0. The second-order valence-corrected chi connectivity index (χ2v) is 9.67. The molecule has 0 atom stereocenters. The van der Waals surface area contributed by atoms with E-state index in [0.29, 0.717) is 21.7 Å². The number of carbonyl (C=O) groups is 4. The van der Waals surface area contributed by atoms with Crippen LogP contribution in [-0.4, -0.2) is 50.5 Å². The molecule has 1 aromatic heterocycles. The molecular formula is C25H19N7O4S2. The van der Waals surface area contributed by atoms with Gasteiger partial charge in [-0.3, -0.25) is 29.0 Å². The van der Waals surface area contributed by atoms with Crippen LogP contribution in [0.15, 0.2) is 89.1 Å². The van der Waals surface area contributed by atoms with Crippen LogP contribution in [0.2, 0.25) is 0 Å². The normalized spacial score (nSPS) is 17.4. The molecule has 190 valence electrons. The molecule has 0 spiro atoms. The van der Waals surface area contributed by atoms with Crippen molar-refractivity contribution in [3.05, 3.63) is 90.3 Å². The smallest absolute Gasteiger partial charge is 0.273 e. The van der Waals surface area contributed by atoms with Crippen LogP contribution in [0.25, 0.3) is 0 Å². The lowest BCUT2D eigenvalue weighted by Crippen LogP contribution is -2.32. The molecule has 11 nitrogen and oxygen atoms in total. The summed E-state index contributed by atoms with van der Waals surface area (Å²) in [7, 11) is 0. The maximum Gasteiger partial charge on any atom is 0.290 e. The first-order valence-electron chi connectivity index (χ1n) is 11.3. The maximum atomic E-state index is 12.7. The van der Waals surface area contributed by atoms with Crippen molar-refractivity contribution in [3.63, 3.8) is 0 Å². The van der Waals surface area contributed by atoms with E-state index < -0.39 is 11.8 Å². The molecule has 0 saturated carbocycles. The van der Waals surface area contributed by atoms with Gasteiger partial charge < -0.3 is 0 Å². The number of thioether (sulfide) groups is 2. The van der Waals surface area contributed by atoms with Crippen molar-refractivity contribution in [2.45, 2.75) is 0 Å². The topological polar surface area (TPSA) is 136 Å². The van der Waals surface area contributed by atoms with Gasteiger partial charge in [0.05, 0.1) is 22.9 Å². The molecule has 3 aromatic rings. The lowest BCUT2D eigenvalue weighted by molar-refractivity contribution is -0.115. The maximum absolute atomic E-state index is 12.7. The van der Waals surface area contributed by atoms with Crippen molar-refractivity contribution in [2.24, 2.45) is 10.2 Å². The van der Waals surface area contributed by atoms with Gasteiger partial charge in [0.1, 0.15) is 11.4 Å². The van der Waals surface area contributed by atoms with Gasteiger partial charge in [0.15, 0.2) is 10.3 Å². The second-order valence-electron chi connectivity index (χ2n) is 7.79. The number of pyridine rings is 1. The van der Waals surface area contributed by atoms with Crippen LogP contribution in [-0.2, 0) is 9.59 Å². The molecule has 0 radical (unpaired) electrons. The number of hydrogen-bond acceptors (Lipinski definition) is 9. The van der Waals surface area contributed by atoms with Gasteiger partial charge in [-0.2, -0.15) is 0 Å². The van der Waals surface area contributed by atoms with Crippen LogP contribution in [0, 0.1) is 0 Å². The summed E-state index contributed by atoms with van der Waals surface area (Å²) >= 11 is 2.40. The van der Waals surface area contributed by atoms with Crippen LogP contribution < -0.4 is 20.7 Å². The van der Waals surface area contributed by atoms with Gasteiger partial charge in [-0.25, -0.2) is 15.8 Å². The summed E-state index contributed by atoms with van der Waals surface area (Å²) in [5, 5.41) is 8.85. The fraction of sp³-hybridized carbons (Fsp3) is 0.0800. The van der Waals surface area contributed by atoms with E-state index in [1.807, 2.05) is 12.1 Å². The summed E-state index contributed by atoms with van der Waals surface area (Å²) in [6, 6.07) is 22.3. The zero-order valence-electron chi connectivity index (χ0n) is 19.6. The first kappa shape index (κ1) is 25.2. The quantitative estimate of drug-likeness (QED) is 0.455. The van der Waals surface area contributed by atoms with E-state index in [2.05, 4.69) is 26.0 Å². The Morgan fingerprint density at radius 3 is 1.50 bits per heavy atom. The summed E-state index contributed by atoms with van der Waals surface area (Å²) in [5.41, 5.74) is 5.98. The van der Waals surface area contributed by atoms with E-state index in [1.165, 1.54) is 51.5 Å². The largest absolute Gasteiger partial charge is 0.290 e. The van der Waals surface area contributed by atoms with Crippen molar-refractivity contribution in [1.29, 1.82) is 0 Å². The average Bonchev–Trinajstić information content (AvgIpc) is 3.52. The number of hydrazone groups is 2. The number of benzene rings is 2. The number of nitrogens with zero attached hydrogens (tertiary/aromatic N) is 5. The zero-order chi connectivity index (χ0) is 26.5. The van der Waals surface area contributed by atoms with E-state index >= 15 is 0 Å². The first-order chi connectivity index (χ1) is 18.5. The van der Waals surface area contributed by atoms with E-state index in [4.69, 9.17) is 0 Å². The summed E-state index contributed by atoms with van der Waals surface area (Å²) < 4.78 is 0. The number of nitrogens with one attached hydrogen (secondary N) is 2. The third kappa shape index (κ3) is 5.43. The Labute approximate surface area is 225 Å². The molecule has 2 fully saturated rings. The minimum Gasteiger partial charge on any atom is -0.273 e. The molecule has 0 unspecified atom stereocenters. The number of anilines is 2. The number of amidine groups is 2. The second kappa shape index (κ2) is 11.3. The molecule has 2 saturated heterocycles. The molecule has 0 aliphatic carbocycles. The third-order valence-corrected chi connectivity index (χ3v) is 7.13. The molecule has 2 aromatic carbocycles. The number of aromatic nitrogens is 1. The highest BCUT2D eigenvalue weighted by molar-refractivity contribution is 8.15.